The topological polar surface area (TPSA) is 175 Å². The molecule has 1 aliphatic heterocycles. The molecule has 0 aromatic heterocycles. The number of aliphatic hydroxyl groups excluding tert-OH is 5. The average molecular weight is 1220 g/mol. The quantitative estimate of drug-likeness (QED) is 0.0195. The van der Waals surface area contributed by atoms with Crippen molar-refractivity contribution in [1.29, 1.82) is 0 Å². The van der Waals surface area contributed by atoms with Crippen molar-refractivity contribution in [2.75, 3.05) is 13.2 Å². The van der Waals surface area contributed by atoms with Crippen molar-refractivity contribution in [2.45, 2.75) is 416 Å². The van der Waals surface area contributed by atoms with E-state index in [0.29, 0.717) is 12.8 Å². The molecule has 1 rings (SSSR count). The number of carbonyl (C=O) groups is 2. The van der Waals surface area contributed by atoms with Gasteiger partial charge in [-0.3, -0.25) is 9.59 Å². The van der Waals surface area contributed by atoms with Crippen molar-refractivity contribution >= 4 is 11.9 Å². The Bertz CT molecular complexity index is 1540. The Labute approximate surface area is 530 Å². The summed E-state index contributed by atoms with van der Waals surface area (Å²) in [4.78, 5) is 26.7. The van der Waals surface area contributed by atoms with Crippen LogP contribution in [-0.4, -0.2) is 99.6 Å². The molecule has 1 saturated heterocycles. The molecule has 0 bridgehead atoms. The van der Waals surface area contributed by atoms with Gasteiger partial charge in [-0.25, -0.2) is 0 Å². The summed E-state index contributed by atoms with van der Waals surface area (Å²) in [6.07, 6.45) is 67.7. The van der Waals surface area contributed by atoms with Gasteiger partial charge >= 0.3 is 5.97 Å². The number of allylic oxidation sites excluding steroid dienone is 5. The van der Waals surface area contributed by atoms with Crippen LogP contribution in [0.25, 0.3) is 0 Å². The van der Waals surface area contributed by atoms with Crippen LogP contribution in [0.15, 0.2) is 36.5 Å². The molecule has 8 unspecified atom stereocenters. The Morgan fingerprint density at radius 1 is 0.453 bits per heavy atom. The van der Waals surface area contributed by atoms with Crippen molar-refractivity contribution in [3.63, 3.8) is 0 Å². The first-order valence-corrected chi connectivity index (χ1v) is 37.3. The number of carbonyl (C=O) groups excluding carboxylic acids is 2. The summed E-state index contributed by atoms with van der Waals surface area (Å²) in [7, 11) is 0. The third-order valence-electron chi connectivity index (χ3n) is 17.8. The lowest BCUT2D eigenvalue weighted by molar-refractivity contribution is -0.305. The van der Waals surface area contributed by atoms with Crippen LogP contribution in [0.1, 0.15) is 367 Å². The third kappa shape index (κ3) is 49.6. The lowest BCUT2D eigenvalue weighted by Gasteiger charge is -2.41. The molecule has 1 fully saturated rings. The minimum atomic E-state index is -1.61. The van der Waals surface area contributed by atoms with E-state index in [1.807, 2.05) is 6.08 Å². The predicted molar refractivity (Wildman–Crippen MR) is 361 cm³/mol. The maximum absolute atomic E-state index is 13.5. The molecule has 6 N–H and O–H groups in total. The van der Waals surface area contributed by atoms with Crippen LogP contribution in [-0.2, 0) is 23.8 Å². The van der Waals surface area contributed by atoms with Gasteiger partial charge in [-0.15, -0.1) is 0 Å². The van der Waals surface area contributed by atoms with Gasteiger partial charge in [0, 0.05) is 6.42 Å². The summed E-state index contributed by atoms with van der Waals surface area (Å²) in [6.45, 7) is 5.82. The fourth-order valence-electron chi connectivity index (χ4n) is 11.9. The molecule has 0 aromatic carbocycles. The Morgan fingerprint density at radius 3 is 1.21 bits per heavy atom. The van der Waals surface area contributed by atoms with E-state index in [0.717, 1.165) is 70.6 Å². The molecule has 0 radical (unpaired) electrons. The van der Waals surface area contributed by atoms with Crippen molar-refractivity contribution in [3.8, 4) is 0 Å². The monoisotopic (exact) mass is 1220 g/mol. The first-order valence-electron chi connectivity index (χ1n) is 37.3. The van der Waals surface area contributed by atoms with Crippen LogP contribution < -0.4 is 5.32 Å². The van der Waals surface area contributed by atoms with Gasteiger partial charge in [-0.2, -0.15) is 0 Å². The highest BCUT2D eigenvalue weighted by atomic mass is 16.7. The van der Waals surface area contributed by atoms with Crippen molar-refractivity contribution in [2.24, 2.45) is 0 Å². The smallest absolute Gasteiger partial charge is 0.306 e. The summed E-state index contributed by atoms with van der Waals surface area (Å²) in [5.74, 6) is -1.18. The normalized spacial score (nSPS) is 18.4. The van der Waals surface area contributed by atoms with Crippen molar-refractivity contribution in [3.05, 3.63) is 36.5 Å². The summed E-state index contributed by atoms with van der Waals surface area (Å²) in [6, 6.07) is -1.02. The van der Waals surface area contributed by atoms with Gasteiger partial charge in [-0.1, -0.05) is 340 Å². The molecule has 0 spiro atoms. The predicted octanol–water partition coefficient (Wildman–Crippen LogP) is 19.4. The summed E-state index contributed by atoms with van der Waals surface area (Å²) in [5.41, 5.74) is 0. The van der Waals surface area contributed by atoms with Gasteiger partial charge in [0.1, 0.15) is 24.4 Å². The molecule has 86 heavy (non-hydrogen) atoms. The molecule has 1 aliphatic rings. The Hall–Kier alpha value is -2.12. The maximum atomic E-state index is 13.5. The minimum Gasteiger partial charge on any atom is -0.454 e. The Kier molecular flexibility index (Phi) is 60.0. The fourth-order valence-corrected chi connectivity index (χ4v) is 11.9. The van der Waals surface area contributed by atoms with Crippen LogP contribution in [0.5, 0.6) is 0 Å². The average Bonchev–Trinajstić information content (AvgIpc) is 3.59. The molecule has 0 aromatic rings. The number of aliphatic hydroxyl groups is 5. The first kappa shape index (κ1) is 81.9. The molecule has 506 valence electrons. The minimum absolute atomic E-state index is 0.129. The zero-order valence-corrected chi connectivity index (χ0v) is 56.5. The number of esters is 1. The second-order valence-corrected chi connectivity index (χ2v) is 26.0. The number of nitrogens with one attached hydrogen (secondary N) is 1. The van der Waals surface area contributed by atoms with E-state index in [4.69, 9.17) is 14.2 Å². The maximum Gasteiger partial charge on any atom is 0.306 e. The molecule has 0 saturated carbocycles. The molecule has 0 aliphatic carbocycles. The Morgan fingerprint density at radius 2 is 0.802 bits per heavy atom. The van der Waals surface area contributed by atoms with Gasteiger partial charge in [0.05, 0.1) is 25.4 Å². The number of ether oxygens (including phenoxy) is 3. The molecule has 8 atom stereocenters. The van der Waals surface area contributed by atoms with Crippen molar-refractivity contribution < 1.29 is 49.3 Å². The Balaban J connectivity index is 2.51. The standard InChI is InChI=1S/C75H141NO10/c1-4-7-10-13-16-19-22-25-27-29-31-32-33-34-35-36-37-38-39-41-43-45-48-51-54-57-60-63-70(80)86-73-72(82)71(81)69(64-77)85-75(73)84-65-66(67(78)61-58-55-52-49-46-24-21-18-15-12-9-6-3)76-74(83)68(79)62-59-56-53-50-47-44-42-40-30-28-26-23-20-17-14-11-8-5-2/h17,20,26,28,58,61,66-69,71-73,75,77-79,81-82H,4-16,18-19,21-25,27,29-57,59-60,62-65H2,1-3H3,(H,76,83)/b20-17-,28-26-,61-58+. The number of rotatable bonds is 65. The molecule has 1 heterocycles. The van der Waals surface area contributed by atoms with Crippen LogP contribution in [0.3, 0.4) is 0 Å². The van der Waals surface area contributed by atoms with E-state index in [1.54, 1.807) is 6.08 Å². The zero-order valence-electron chi connectivity index (χ0n) is 56.5. The summed E-state index contributed by atoms with van der Waals surface area (Å²) < 4.78 is 17.7. The van der Waals surface area contributed by atoms with E-state index in [1.165, 1.54) is 250 Å². The van der Waals surface area contributed by atoms with E-state index in [2.05, 4.69) is 50.4 Å². The van der Waals surface area contributed by atoms with E-state index >= 15 is 0 Å². The van der Waals surface area contributed by atoms with Gasteiger partial charge in [0.25, 0.3) is 0 Å². The highest BCUT2D eigenvalue weighted by molar-refractivity contribution is 5.80. The van der Waals surface area contributed by atoms with Crippen LogP contribution >= 0.6 is 0 Å². The van der Waals surface area contributed by atoms with E-state index in [-0.39, 0.29) is 19.4 Å². The summed E-state index contributed by atoms with van der Waals surface area (Å²) in [5, 5.41) is 57.3. The molecular formula is C75H141NO10. The lowest BCUT2D eigenvalue weighted by atomic mass is 9.99. The highest BCUT2D eigenvalue weighted by Gasteiger charge is 2.47. The van der Waals surface area contributed by atoms with Gasteiger partial charge in [0.15, 0.2) is 12.4 Å². The third-order valence-corrected chi connectivity index (χ3v) is 17.8. The second-order valence-electron chi connectivity index (χ2n) is 26.0. The SMILES string of the molecule is CCCCC/C=C\C/C=C\CCCCCCCCCCC(O)C(=O)NC(COC1OC(CO)C(O)C(O)C1OC(=O)CCCCCCCCCCCCCCCCCCCCCCCCCCCCC)C(O)/C=C/CCCCCCCCCCCC. The van der Waals surface area contributed by atoms with Gasteiger partial charge in [0.2, 0.25) is 5.91 Å². The molecular weight excluding hydrogens is 1070 g/mol. The number of hydrogen-bond acceptors (Lipinski definition) is 10. The van der Waals surface area contributed by atoms with Gasteiger partial charge < -0.3 is 45.1 Å². The van der Waals surface area contributed by atoms with E-state index in [9.17, 15) is 35.1 Å². The van der Waals surface area contributed by atoms with E-state index < -0.39 is 67.4 Å². The molecule has 11 nitrogen and oxygen atoms in total. The largest absolute Gasteiger partial charge is 0.454 e. The molecule has 11 heteroatoms. The number of amides is 1. The van der Waals surface area contributed by atoms with Crippen LogP contribution in [0.4, 0.5) is 0 Å². The number of unbranched alkanes of at least 4 members (excludes halogenated alkanes) is 47. The molecule has 1 amide bonds. The number of hydrogen-bond donors (Lipinski definition) is 6. The van der Waals surface area contributed by atoms with Crippen LogP contribution in [0, 0.1) is 0 Å². The lowest BCUT2D eigenvalue weighted by Crippen LogP contribution is -2.61. The van der Waals surface area contributed by atoms with Gasteiger partial charge in [-0.05, 0) is 57.8 Å². The highest BCUT2D eigenvalue weighted by Crippen LogP contribution is 2.27. The van der Waals surface area contributed by atoms with Crippen molar-refractivity contribution in [1.82, 2.24) is 5.32 Å². The zero-order chi connectivity index (χ0) is 62.4. The second kappa shape index (κ2) is 63.0. The van der Waals surface area contributed by atoms with Crippen LogP contribution in [0.2, 0.25) is 0 Å². The first-order chi connectivity index (χ1) is 42.2. The summed E-state index contributed by atoms with van der Waals surface area (Å²) >= 11 is 0. The fraction of sp³-hybridized carbons (Fsp3) is 0.893.